The fourth-order valence-electron chi connectivity index (χ4n) is 2.19. The van der Waals surface area contributed by atoms with Crippen LogP contribution in [0.2, 0.25) is 0 Å². The Hall–Kier alpha value is -1.59. The van der Waals surface area contributed by atoms with Gasteiger partial charge in [0, 0.05) is 18.3 Å². The highest BCUT2D eigenvalue weighted by Crippen LogP contribution is 2.20. The van der Waals surface area contributed by atoms with Crippen molar-refractivity contribution in [2.24, 2.45) is 0 Å². The lowest BCUT2D eigenvalue weighted by Gasteiger charge is -2.17. The molecule has 0 spiro atoms. The Kier molecular flexibility index (Phi) is 3.40. The van der Waals surface area contributed by atoms with Crippen LogP contribution in [0.3, 0.4) is 0 Å². The molecule has 1 aromatic heterocycles. The lowest BCUT2D eigenvalue weighted by atomic mass is 10.0. The van der Waals surface area contributed by atoms with Crippen molar-refractivity contribution in [2.75, 3.05) is 11.9 Å². The number of rotatable bonds is 2. The number of hydrogen-bond donors (Lipinski definition) is 2. The maximum atomic E-state index is 12.0. The molecule has 2 aromatic rings. The van der Waals surface area contributed by atoms with Crippen molar-refractivity contribution in [3.05, 3.63) is 51.9 Å². The van der Waals surface area contributed by atoms with E-state index in [1.807, 2.05) is 12.1 Å². The standard InChI is InChI=1S/C14H13BrN2O2/c15-13-6-11(8-19-13)14(18)17-12-2-1-9-3-4-16-7-10(9)5-12/h1-2,5-6,8,16H,3-4,7H2,(H,17,18). The fourth-order valence-corrected chi connectivity index (χ4v) is 2.53. The van der Waals surface area contributed by atoms with Gasteiger partial charge in [0.2, 0.25) is 0 Å². The smallest absolute Gasteiger partial charge is 0.258 e. The molecule has 1 aliphatic rings. The van der Waals surface area contributed by atoms with Crippen LogP contribution in [-0.4, -0.2) is 12.5 Å². The second-order valence-electron chi connectivity index (χ2n) is 4.50. The highest BCUT2D eigenvalue weighted by atomic mass is 79.9. The second kappa shape index (κ2) is 5.19. The Balaban J connectivity index is 1.78. The summed E-state index contributed by atoms with van der Waals surface area (Å²) >= 11 is 3.18. The highest BCUT2D eigenvalue weighted by molar-refractivity contribution is 9.10. The van der Waals surface area contributed by atoms with Gasteiger partial charge in [0.15, 0.2) is 4.67 Å². The summed E-state index contributed by atoms with van der Waals surface area (Å²) in [7, 11) is 0. The number of hydrogen-bond acceptors (Lipinski definition) is 3. The Morgan fingerprint density at radius 1 is 1.32 bits per heavy atom. The lowest BCUT2D eigenvalue weighted by molar-refractivity contribution is 0.102. The molecule has 0 radical (unpaired) electrons. The van der Waals surface area contributed by atoms with Gasteiger partial charge in [0.25, 0.3) is 5.91 Å². The van der Waals surface area contributed by atoms with Gasteiger partial charge in [-0.3, -0.25) is 4.79 Å². The van der Waals surface area contributed by atoms with E-state index in [9.17, 15) is 4.79 Å². The predicted octanol–water partition coefficient (Wildman–Crippen LogP) is 2.94. The normalized spacial score (nSPS) is 13.9. The first kappa shape index (κ1) is 12.4. The maximum absolute atomic E-state index is 12.0. The van der Waals surface area contributed by atoms with E-state index < -0.39 is 0 Å². The van der Waals surface area contributed by atoms with Gasteiger partial charge in [-0.05, 0) is 52.2 Å². The van der Waals surface area contributed by atoms with Crippen molar-refractivity contribution in [1.29, 1.82) is 0 Å². The molecule has 4 nitrogen and oxygen atoms in total. The van der Waals surface area contributed by atoms with Gasteiger partial charge in [-0.1, -0.05) is 6.07 Å². The van der Waals surface area contributed by atoms with Crippen LogP contribution in [0.5, 0.6) is 0 Å². The average molecular weight is 321 g/mol. The van der Waals surface area contributed by atoms with Gasteiger partial charge in [-0.15, -0.1) is 0 Å². The van der Waals surface area contributed by atoms with E-state index in [1.54, 1.807) is 6.07 Å². The molecule has 1 aliphatic heterocycles. The van der Waals surface area contributed by atoms with Gasteiger partial charge < -0.3 is 15.1 Å². The minimum atomic E-state index is -0.168. The quantitative estimate of drug-likeness (QED) is 0.894. The summed E-state index contributed by atoms with van der Waals surface area (Å²) in [5.74, 6) is -0.168. The summed E-state index contributed by atoms with van der Waals surface area (Å²) in [4.78, 5) is 12.0. The van der Waals surface area contributed by atoms with E-state index >= 15 is 0 Å². The molecule has 1 aromatic carbocycles. The van der Waals surface area contributed by atoms with Crippen LogP contribution in [0.25, 0.3) is 0 Å². The van der Waals surface area contributed by atoms with E-state index in [-0.39, 0.29) is 5.91 Å². The number of fused-ring (bicyclic) bond motifs is 1. The Morgan fingerprint density at radius 2 is 2.21 bits per heavy atom. The Morgan fingerprint density at radius 3 is 3.00 bits per heavy atom. The topological polar surface area (TPSA) is 54.3 Å². The summed E-state index contributed by atoms with van der Waals surface area (Å²) in [6.45, 7) is 1.87. The molecule has 0 bridgehead atoms. The van der Waals surface area contributed by atoms with Gasteiger partial charge >= 0.3 is 0 Å². The van der Waals surface area contributed by atoms with E-state index in [0.29, 0.717) is 10.2 Å². The first-order chi connectivity index (χ1) is 9.22. The molecule has 2 heterocycles. The van der Waals surface area contributed by atoms with Crippen molar-refractivity contribution in [1.82, 2.24) is 5.32 Å². The van der Waals surface area contributed by atoms with Crippen LogP contribution >= 0.6 is 15.9 Å². The number of carbonyl (C=O) groups is 1. The predicted molar refractivity (Wildman–Crippen MR) is 76.2 cm³/mol. The first-order valence-corrected chi connectivity index (χ1v) is 6.89. The molecule has 0 saturated carbocycles. The molecule has 19 heavy (non-hydrogen) atoms. The van der Waals surface area contributed by atoms with Crippen molar-refractivity contribution in [3.63, 3.8) is 0 Å². The summed E-state index contributed by atoms with van der Waals surface area (Å²) in [6.07, 6.45) is 2.47. The molecule has 0 fully saturated rings. The number of benzene rings is 1. The zero-order valence-corrected chi connectivity index (χ0v) is 11.8. The van der Waals surface area contributed by atoms with Gasteiger partial charge in [-0.25, -0.2) is 0 Å². The number of nitrogens with one attached hydrogen (secondary N) is 2. The summed E-state index contributed by atoms with van der Waals surface area (Å²) in [5, 5.41) is 6.20. The van der Waals surface area contributed by atoms with Crippen LogP contribution in [0, 0.1) is 0 Å². The van der Waals surface area contributed by atoms with Crippen molar-refractivity contribution < 1.29 is 9.21 Å². The summed E-state index contributed by atoms with van der Waals surface area (Å²) in [6, 6.07) is 7.69. The minimum absolute atomic E-state index is 0.168. The second-order valence-corrected chi connectivity index (χ2v) is 5.29. The van der Waals surface area contributed by atoms with Gasteiger partial charge in [-0.2, -0.15) is 0 Å². The Bertz CT molecular complexity index is 622. The average Bonchev–Trinajstić information content (AvgIpc) is 2.85. The molecular weight excluding hydrogens is 308 g/mol. The lowest BCUT2D eigenvalue weighted by Crippen LogP contribution is -2.23. The molecule has 0 unspecified atom stereocenters. The van der Waals surface area contributed by atoms with E-state index in [1.165, 1.54) is 17.4 Å². The van der Waals surface area contributed by atoms with Gasteiger partial charge in [0.05, 0.1) is 5.56 Å². The zero-order valence-electron chi connectivity index (χ0n) is 10.2. The molecular formula is C14H13BrN2O2. The number of anilines is 1. The third-order valence-corrected chi connectivity index (χ3v) is 3.60. The third-order valence-electron chi connectivity index (χ3n) is 3.18. The third kappa shape index (κ3) is 2.72. The van der Waals surface area contributed by atoms with E-state index in [2.05, 4.69) is 32.6 Å². The summed E-state index contributed by atoms with van der Waals surface area (Å²) in [5.41, 5.74) is 3.91. The highest BCUT2D eigenvalue weighted by Gasteiger charge is 2.12. The van der Waals surface area contributed by atoms with Crippen LogP contribution in [0.15, 0.2) is 39.6 Å². The first-order valence-electron chi connectivity index (χ1n) is 6.10. The van der Waals surface area contributed by atoms with Crippen molar-refractivity contribution in [2.45, 2.75) is 13.0 Å². The molecule has 2 N–H and O–H groups in total. The number of halogens is 1. The SMILES string of the molecule is O=C(Nc1ccc2c(c1)CNCC2)c1coc(Br)c1. The Labute approximate surface area is 119 Å². The largest absolute Gasteiger partial charge is 0.457 e. The maximum Gasteiger partial charge on any atom is 0.258 e. The molecule has 0 atom stereocenters. The van der Waals surface area contributed by atoms with Gasteiger partial charge in [0.1, 0.15) is 6.26 Å². The molecule has 1 amide bonds. The van der Waals surface area contributed by atoms with Crippen LogP contribution in [0.1, 0.15) is 21.5 Å². The molecule has 0 aliphatic carbocycles. The molecule has 98 valence electrons. The zero-order chi connectivity index (χ0) is 13.2. The van der Waals surface area contributed by atoms with Crippen LogP contribution < -0.4 is 10.6 Å². The van der Waals surface area contributed by atoms with E-state index in [0.717, 1.165) is 25.2 Å². The number of furan rings is 1. The van der Waals surface area contributed by atoms with Crippen molar-refractivity contribution >= 4 is 27.5 Å². The monoisotopic (exact) mass is 320 g/mol. The van der Waals surface area contributed by atoms with E-state index in [4.69, 9.17) is 4.42 Å². The fraction of sp³-hybridized carbons (Fsp3) is 0.214. The number of carbonyl (C=O) groups excluding carboxylic acids is 1. The molecule has 0 saturated heterocycles. The number of amides is 1. The van der Waals surface area contributed by atoms with Crippen LogP contribution in [-0.2, 0) is 13.0 Å². The summed E-state index contributed by atoms with van der Waals surface area (Å²) < 4.78 is 5.61. The van der Waals surface area contributed by atoms with Crippen molar-refractivity contribution in [3.8, 4) is 0 Å². The van der Waals surface area contributed by atoms with Crippen LogP contribution in [0.4, 0.5) is 5.69 Å². The molecule has 3 rings (SSSR count). The molecule has 5 heteroatoms. The minimum Gasteiger partial charge on any atom is -0.457 e.